The van der Waals surface area contributed by atoms with Crippen molar-refractivity contribution in [2.24, 2.45) is 0 Å². The van der Waals surface area contributed by atoms with E-state index in [0.717, 1.165) is 0 Å². The molecule has 15 heavy (non-hydrogen) atoms. The van der Waals surface area contributed by atoms with Gasteiger partial charge in [-0.15, -0.1) is 6.58 Å². The first-order valence-corrected chi connectivity index (χ1v) is 5.97. The Morgan fingerprint density at radius 2 is 1.80 bits per heavy atom. The first kappa shape index (κ1) is 14.4. The SMILES string of the molecule is C=C(C)CCCC=C(C)CCCN(C)C. The summed E-state index contributed by atoms with van der Waals surface area (Å²) in [6, 6.07) is 0. The van der Waals surface area contributed by atoms with Crippen LogP contribution in [0.5, 0.6) is 0 Å². The quantitative estimate of drug-likeness (QED) is 0.431. The molecule has 0 aliphatic rings. The summed E-state index contributed by atoms with van der Waals surface area (Å²) in [7, 11) is 4.26. The summed E-state index contributed by atoms with van der Waals surface area (Å²) in [4.78, 5) is 2.24. The van der Waals surface area contributed by atoms with Crippen LogP contribution in [-0.4, -0.2) is 25.5 Å². The zero-order valence-electron chi connectivity index (χ0n) is 11.0. The lowest BCUT2D eigenvalue weighted by Crippen LogP contribution is -2.12. The first-order valence-electron chi connectivity index (χ1n) is 5.97. The minimum absolute atomic E-state index is 1.17. The molecular formula is C14H27N. The van der Waals surface area contributed by atoms with Crippen molar-refractivity contribution in [3.63, 3.8) is 0 Å². The summed E-state index contributed by atoms with van der Waals surface area (Å²) in [6.07, 6.45) is 8.53. The molecule has 0 spiro atoms. The van der Waals surface area contributed by atoms with Gasteiger partial charge >= 0.3 is 0 Å². The number of rotatable bonds is 8. The molecule has 0 aromatic rings. The molecule has 0 aliphatic heterocycles. The van der Waals surface area contributed by atoms with Gasteiger partial charge in [0.15, 0.2) is 0 Å². The topological polar surface area (TPSA) is 3.24 Å². The molecule has 0 saturated carbocycles. The lowest BCUT2D eigenvalue weighted by Gasteiger charge is -2.08. The summed E-state index contributed by atoms with van der Waals surface area (Å²) in [5, 5.41) is 0. The van der Waals surface area contributed by atoms with Gasteiger partial charge in [-0.25, -0.2) is 0 Å². The van der Waals surface area contributed by atoms with E-state index in [0.29, 0.717) is 0 Å². The fraction of sp³-hybridized carbons (Fsp3) is 0.714. The Hall–Kier alpha value is -0.560. The Morgan fingerprint density at radius 1 is 1.13 bits per heavy atom. The molecule has 1 heteroatoms. The van der Waals surface area contributed by atoms with Gasteiger partial charge in [-0.05, 0) is 66.6 Å². The molecule has 0 amide bonds. The Labute approximate surface area is 95.9 Å². The molecular weight excluding hydrogens is 182 g/mol. The molecule has 0 unspecified atom stereocenters. The van der Waals surface area contributed by atoms with E-state index in [1.54, 1.807) is 5.57 Å². The smallest absolute Gasteiger partial charge is 0.00218 e. The van der Waals surface area contributed by atoms with Gasteiger partial charge in [0.1, 0.15) is 0 Å². The Balaban J connectivity index is 3.48. The van der Waals surface area contributed by atoms with Crippen molar-refractivity contribution in [3.05, 3.63) is 23.8 Å². The third kappa shape index (κ3) is 11.4. The van der Waals surface area contributed by atoms with Crippen LogP contribution >= 0.6 is 0 Å². The van der Waals surface area contributed by atoms with Crippen LogP contribution < -0.4 is 0 Å². The van der Waals surface area contributed by atoms with Crippen LogP contribution in [0.15, 0.2) is 23.8 Å². The lowest BCUT2D eigenvalue weighted by molar-refractivity contribution is 0.400. The van der Waals surface area contributed by atoms with Gasteiger partial charge in [-0.1, -0.05) is 17.2 Å². The van der Waals surface area contributed by atoms with Crippen molar-refractivity contribution >= 4 is 0 Å². The highest BCUT2D eigenvalue weighted by atomic mass is 15.0. The molecule has 0 atom stereocenters. The van der Waals surface area contributed by atoms with Crippen molar-refractivity contribution in [1.29, 1.82) is 0 Å². The second-order valence-corrected chi connectivity index (χ2v) is 4.81. The average molecular weight is 209 g/mol. The summed E-state index contributed by atoms with van der Waals surface area (Å²) in [5.74, 6) is 0. The molecule has 0 aromatic carbocycles. The maximum absolute atomic E-state index is 3.91. The van der Waals surface area contributed by atoms with Crippen molar-refractivity contribution < 1.29 is 0 Å². The Kier molecular flexibility index (Phi) is 8.40. The maximum Gasteiger partial charge on any atom is -0.00218 e. The van der Waals surface area contributed by atoms with Crippen molar-refractivity contribution in [1.82, 2.24) is 4.90 Å². The molecule has 0 aromatic heterocycles. The molecule has 0 N–H and O–H groups in total. The van der Waals surface area contributed by atoms with Crippen molar-refractivity contribution in [3.8, 4) is 0 Å². The zero-order chi connectivity index (χ0) is 11.7. The molecule has 88 valence electrons. The highest BCUT2D eigenvalue weighted by Gasteiger charge is 1.93. The Bertz CT molecular complexity index is 201. The summed E-state index contributed by atoms with van der Waals surface area (Å²) in [5.41, 5.74) is 2.84. The van der Waals surface area contributed by atoms with Crippen LogP contribution in [0.2, 0.25) is 0 Å². The maximum atomic E-state index is 3.91. The van der Waals surface area contributed by atoms with Gasteiger partial charge in [0, 0.05) is 0 Å². The highest BCUT2D eigenvalue weighted by Crippen LogP contribution is 2.09. The van der Waals surface area contributed by atoms with E-state index >= 15 is 0 Å². The molecule has 1 nitrogen and oxygen atoms in total. The van der Waals surface area contributed by atoms with E-state index in [9.17, 15) is 0 Å². The van der Waals surface area contributed by atoms with Crippen molar-refractivity contribution in [2.45, 2.75) is 46.0 Å². The van der Waals surface area contributed by atoms with Gasteiger partial charge in [0.25, 0.3) is 0 Å². The van der Waals surface area contributed by atoms with Crippen LogP contribution in [0.25, 0.3) is 0 Å². The molecule has 0 aliphatic carbocycles. The predicted molar refractivity (Wildman–Crippen MR) is 70.2 cm³/mol. The van der Waals surface area contributed by atoms with Crippen LogP contribution in [0.3, 0.4) is 0 Å². The molecule has 0 bridgehead atoms. The second-order valence-electron chi connectivity index (χ2n) is 4.81. The highest BCUT2D eigenvalue weighted by molar-refractivity contribution is 4.98. The minimum atomic E-state index is 1.17. The normalized spacial score (nSPS) is 12.2. The zero-order valence-corrected chi connectivity index (χ0v) is 11.0. The molecule has 0 fully saturated rings. The van der Waals surface area contributed by atoms with Gasteiger partial charge < -0.3 is 4.90 Å². The van der Waals surface area contributed by atoms with Gasteiger partial charge in [0.05, 0.1) is 0 Å². The van der Waals surface area contributed by atoms with E-state index < -0.39 is 0 Å². The van der Waals surface area contributed by atoms with Crippen molar-refractivity contribution in [2.75, 3.05) is 20.6 Å². The van der Waals surface area contributed by atoms with E-state index in [1.807, 2.05) is 0 Å². The fourth-order valence-corrected chi connectivity index (χ4v) is 1.53. The summed E-state index contributed by atoms with van der Waals surface area (Å²) in [6.45, 7) is 9.46. The average Bonchev–Trinajstić information content (AvgIpc) is 2.11. The number of hydrogen-bond donors (Lipinski definition) is 0. The largest absolute Gasteiger partial charge is 0.309 e. The van der Waals surface area contributed by atoms with Crippen LogP contribution in [-0.2, 0) is 0 Å². The van der Waals surface area contributed by atoms with Gasteiger partial charge in [-0.2, -0.15) is 0 Å². The summed E-state index contributed by atoms with van der Waals surface area (Å²) < 4.78 is 0. The van der Waals surface area contributed by atoms with Crippen LogP contribution in [0.1, 0.15) is 46.0 Å². The van der Waals surface area contributed by atoms with E-state index in [4.69, 9.17) is 0 Å². The predicted octanol–water partition coefficient (Wildman–Crippen LogP) is 4.02. The fourth-order valence-electron chi connectivity index (χ4n) is 1.53. The van der Waals surface area contributed by atoms with Crippen LogP contribution in [0, 0.1) is 0 Å². The number of unbranched alkanes of at least 4 members (excludes halogenated alkanes) is 1. The monoisotopic (exact) mass is 209 g/mol. The van der Waals surface area contributed by atoms with Gasteiger partial charge in [0.2, 0.25) is 0 Å². The number of nitrogens with zero attached hydrogens (tertiary/aromatic N) is 1. The van der Waals surface area contributed by atoms with E-state index in [-0.39, 0.29) is 0 Å². The molecule has 0 radical (unpaired) electrons. The molecule has 0 saturated heterocycles. The third-order valence-corrected chi connectivity index (χ3v) is 2.48. The van der Waals surface area contributed by atoms with Gasteiger partial charge in [-0.3, -0.25) is 0 Å². The summed E-state index contributed by atoms with van der Waals surface area (Å²) >= 11 is 0. The third-order valence-electron chi connectivity index (χ3n) is 2.48. The second kappa shape index (κ2) is 8.72. The first-order chi connectivity index (χ1) is 7.02. The van der Waals surface area contributed by atoms with E-state index in [1.165, 1.54) is 44.2 Å². The Morgan fingerprint density at radius 3 is 2.33 bits per heavy atom. The number of hydrogen-bond acceptors (Lipinski definition) is 1. The molecule has 0 rings (SSSR count). The minimum Gasteiger partial charge on any atom is -0.309 e. The van der Waals surface area contributed by atoms with Crippen LogP contribution in [0.4, 0.5) is 0 Å². The lowest BCUT2D eigenvalue weighted by atomic mass is 10.1. The van der Waals surface area contributed by atoms with E-state index in [2.05, 4.69) is 45.5 Å². The number of allylic oxidation sites excluding steroid dienone is 3. The molecule has 0 heterocycles. The standard InChI is InChI=1S/C14H27N/c1-13(2)9-6-7-10-14(3)11-8-12-15(4)5/h10H,1,6-9,11-12H2,2-5H3.